The van der Waals surface area contributed by atoms with Crippen LogP contribution in [-0.4, -0.2) is 9.97 Å². The maximum absolute atomic E-state index is 6.44. The Balaban J connectivity index is 1.29. The van der Waals surface area contributed by atoms with Crippen molar-refractivity contribution in [2.45, 2.75) is 0 Å². The Bertz CT molecular complexity index is 2540. The Morgan fingerprint density at radius 2 is 1.37 bits per heavy atom. The van der Waals surface area contributed by atoms with Gasteiger partial charge >= 0.3 is 0 Å². The van der Waals surface area contributed by atoms with Crippen molar-refractivity contribution in [2.75, 3.05) is 0 Å². The van der Waals surface area contributed by atoms with Gasteiger partial charge in [-0.15, -0.1) is 11.3 Å². The molecule has 5 aromatic carbocycles. The molecule has 0 atom stereocenters. The van der Waals surface area contributed by atoms with E-state index >= 15 is 0 Å². The number of furan rings is 1. The van der Waals surface area contributed by atoms with E-state index in [1.54, 1.807) is 17.5 Å². The highest BCUT2D eigenvalue weighted by molar-refractivity contribution is 7.14. The molecule has 0 bridgehead atoms. The lowest BCUT2D eigenvalue weighted by Crippen LogP contribution is -1.91. The number of thiophene rings is 1. The molecular formula is C42H26N2OS. The summed E-state index contributed by atoms with van der Waals surface area (Å²) in [6.45, 7) is 0. The lowest BCUT2D eigenvalue weighted by Gasteiger charge is -2.16. The second-order valence-electron chi connectivity index (χ2n) is 11.4. The van der Waals surface area contributed by atoms with Gasteiger partial charge in [0.15, 0.2) is 0 Å². The third kappa shape index (κ3) is 4.34. The molecule has 0 saturated carbocycles. The summed E-state index contributed by atoms with van der Waals surface area (Å²) in [6.07, 6.45) is 7.36. The first-order valence-electron chi connectivity index (χ1n) is 15.3. The first-order chi connectivity index (χ1) is 22.8. The zero-order valence-corrected chi connectivity index (χ0v) is 25.5. The molecule has 0 aliphatic rings. The standard InChI is InChI=1S/C42H26N2OS/c1-2-9-28-24-31(17-16-27(28)8-1)38-33-13-4-3-10-29(33)25-30-11-5-14-35(39(30)38)41-37(18-22-45-41)42-36(19-23-46-42)40-34(15-7-21-44-40)32-12-6-20-43-26-32/h1-26H. The number of pyridine rings is 2. The van der Waals surface area contributed by atoms with E-state index in [-0.39, 0.29) is 0 Å². The van der Waals surface area contributed by atoms with Crippen LogP contribution in [0.2, 0.25) is 0 Å². The van der Waals surface area contributed by atoms with E-state index in [0.29, 0.717) is 0 Å². The quantitative estimate of drug-likeness (QED) is 0.183. The molecule has 0 spiro atoms. The summed E-state index contributed by atoms with van der Waals surface area (Å²) in [5, 5.41) is 9.39. The van der Waals surface area contributed by atoms with Gasteiger partial charge in [-0.1, -0.05) is 91.0 Å². The fraction of sp³-hybridized carbons (Fsp3) is 0. The fourth-order valence-corrected chi connectivity index (χ4v) is 7.65. The number of fused-ring (bicyclic) bond motifs is 3. The molecular weight excluding hydrogens is 581 g/mol. The molecule has 9 aromatic rings. The molecule has 0 saturated heterocycles. The van der Waals surface area contributed by atoms with Crippen LogP contribution in [0.25, 0.3) is 87.6 Å². The number of rotatable bonds is 5. The Morgan fingerprint density at radius 1 is 0.543 bits per heavy atom. The molecule has 216 valence electrons. The van der Waals surface area contributed by atoms with Gasteiger partial charge in [0, 0.05) is 56.7 Å². The highest BCUT2D eigenvalue weighted by Gasteiger charge is 2.23. The molecule has 0 N–H and O–H groups in total. The molecule has 46 heavy (non-hydrogen) atoms. The highest BCUT2D eigenvalue weighted by Crippen LogP contribution is 2.48. The van der Waals surface area contributed by atoms with Gasteiger partial charge in [-0.3, -0.25) is 9.97 Å². The van der Waals surface area contributed by atoms with Crippen molar-refractivity contribution < 1.29 is 4.42 Å². The van der Waals surface area contributed by atoms with Crippen LogP contribution in [0.4, 0.5) is 0 Å². The molecule has 4 heterocycles. The number of benzene rings is 5. The number of hydrogen-bond donors (Lipinski definition) is 0. The first kappa shape index (κ1) is 26.6. The Morgan fingerprint density at radius 3 is 2.28 bits per heavy atom. The minimum absolute atomic E-state index is 0.852. The zero-order valence-electron chi connectivity index (χ0n) is 24.7. The first-order valence-corrected chi connectivity index (χ1v) is 16.2. The van der Waals surface area contributed by atoms with Crippen LogP contribution in [0.3, 0.4) is 0 Å². The summed E-state index contributed by atoms with van der Waals surface area (Å²) in [5.41, 5.74) is 8.62. The minimum atomic E-state index is 0.852. The van der Waals surface area contributed by atoms with Crippen LogP contribution in [0.15, 0.2) is 162 Å². The molecule has 4 heteroatoms. The molecule has 0 aliphatic heterocycles. The van der Waals surface area contributed by atoms with Gasteiger partial charge < -0.3 is 4.42 Å². The Hall–Kier alpha value is -5.84. The normalized spacial score (nSPS) is 11.5. The predicted octanol–water partition coefficient (Wildman–Crippen LogP) is 11.9. The zero-order chi connectivity index (χ0) is 30.5. The SMILES string of the molecule is c1cncc(-c2cccnc2-c2ccsc2-c2ccoc2-c2cccc3cc4ccccc4c(-c4ccc5ccccc5c4)c23)c1. The molecule has 0 fully saturated rings. The summed E-state index contributed by atoms with van der Waals surface area (Å²) in [6, 6.07) is 45.3. The second kappa shape index (κ2) is 11.0. The molecule has 0 unspecified atom stereocenters. The molecule has 0 aliphatic carbocycles. The van der Waals surface area contributed by atoms with Crippen LogP contribution in [-0.2, 0) is 0 Å². The number of hydrogen-bond acceptors (Lipinski definition) is 4. The van der Waals surface area contributed by atoms with Crippen molar-refractivity contribution in [1.82, 2.24) is 9.97 Å². The van der Waals surface area contributed by atoms with Gasteiger partial charge in [0.05, 0.1) is 12.0 Å². The molecule has 0 radical (unpaired) electrons. The third-order valence-electron chi connectivity index (χ3n) is 8.78. The summed E-state index contributed by atoms with van der Waals surface area (Å²) >= 11 is 1.71. The van der Waals surface area contributed by atoms with Gasteiger partial charge in [0.2, 0.25) is 0 Å². The average Bonchev–Trinajstić information content (AvgIpc) is 3.81. The predicted molar refractivity (Wildman–Crippen MR) is 192 cm³/mol. The van der Waals surface area contributed by atoms with Crippen LogP contribution in [0.5, 0.6) is 0 Å². The second-order valence-corrected chi connectivity index (χ2v) is 12.3. The Labute approximate surface area is 270 Å². The van der Waals surface area contributed by atoms with Gasteiger partial charge in [0.1, 0.15) is 5.76 Å². The smallest absolute Gasteiger partial charge is 0.143 e. The largest absolute Gasteiger partial charge is 0.464 e. The van der Waals surface area contributed by atoms with Crippen molar-refractivity contribution >= 4 is 43.7 Å². The summed E-state index contributed by atoms with van der Waals surface area (Å²) in [4.78, 5) is 10.4. The topological polar surface area (TPSA) is 38.9 Å². The monoisotopic (exact) mass is 606 g/mol. The summed E-state index contributed by atoms with van der Waals surface area (Å²) in [5.74, 6) is 0.852. The lowest BCUT2D eigenvalue weighted by atomic mass is 9.87. The van der Waals surface area contributed by atoms with Crippen molar-refractivity contribution in [3.05, 3.63) is 158 Å². The summed E-state index contributed by atoms with van der Waals surface area (Å²) < 4.78 is 6.44. The van der Waals surface area contributed by atoms with E-state index in [4.69, 9.17) is 9.40 Å². The van der Waals surface area contributed by atoms with Crippen LogP contribution < -0.4 is 0 Å². The van der Waals surface area contributed by atoms with E-state index in [2.05, 4.69) is 126 Å². The van der Waals surface area contributed by atoms with E-state index in [0.717, 1.165) is 44.1 Å². The molecule has 0 amide bonds. The molecule has 4 aromatic heterocycles. The van der Waals surface area contributed by atoms with E-state index in [1.807, 2.05) is 30.8 Å². The number of nitrogens with zero attached hydrogens (tertiary/aromatic N) is 2. The fourth-order valence-electron chi connectivity index (χ4n) is 6.73. The van der Waals surface area contributed by atoms with Crippen molar-refractivity contribution in [3.63, 3.8) is 0 Å². The van der Waals surface area contributed by atoms with E-state index < -0.39 is 0 Å². The lowest BCUT2D eigenvalue weighted by molar-refractivity contribution is 0.583. The maximum atomic E-state index is 6.44. The van der Waals surface area contributed by atoms with Crippen LogP contribution >= 0.6 is 11.3 Å². The van der Waals surface area contributed by atoms with Crippen molar-refractivity contribution in [2.24, 2.45) is 0 Å². The van der Waals surface area contributed by atoms with Crippen LogP contribution in [0, 0.1) is 0 Å². The van der Waals surface area contributed by atoms with Crippen molar-refractivity contribution in [3.8, 4) is 55.3 Å². The Kier molecular flexibility index (Phi) is 6.32. The number of aromatic nitrogens is 2. The minimum Gasteiger partial charge on any atom is -0.464 e. The van der Waals surface area contributed by atoms with Crippen molar-refractivity contribution in [1.29, 1.82) is 0 Å². The van der Waals surface area contributed by atoms with Crippen LogP contribution in [0.1, 0.15) is 0 Å². The summed E-state index contributed by atoms with van der Waals surface area (Å²) in [7, 11) is 0. The van der Waals surface area contributed by atoms with E-state index in [1.165, 1.54) is 43.4 Å². The average molecular weight is 607 g/mol. The third-order valence-corrected chi connectivity index (χ3v) is 9.73. The molecule has 9 rings (SSSR count). The maximum Gasteiger partial charge on any atom is 0.143 e. The van der Waals surface area contributed by atoms with Gasteiger partial charge in [-0.05, 0) is 79.8 Å². The van der Waals surface area contributed by atoms with E-state index in [9.17, 15) is 0 Å². The highest BCUT2D eigenvalue weighted by atomic mass is 32.1. The van der Waals surface area contributed by atoms with Gasteiger partial charge in [-0.25, -0.2) is 0 Å². The van der Waals surface area contributed by atoms with Gasteiger partial charge in [-0.2, -0.15) is 0 Å². The molecule has 3 nitrogen and oxygen atoms in total. The van der Waals surface area contributed by atoms with Gasteiger partial charge in [0.25, 0.3) is 0 Å².